The van der Waals surface area contributed by atoms with Crippen LogP contribution >= 0.6 is 0 Å². The largest absolute Gasteiger partial charge is 0.395 e. The van der Waals surface area contributed by atoms with E-state index in [9.17, 15) is 14.9 Å². The zero-order chi connectivity index (χ0) is 15.8. The summed E-state index contributed by atoms with van der Waals surface area (Å²) in [6, 6.07) is 4.25. The summed E-state index contributed by atoms with van der Waals surface area (Å²) in [7, 11) is 2.99. The molecule has 0 radical (unpaired) electrons. The number of methoxy groups -OCH3 is 1. The zero-order valence-electron chi connectivity index (χ0n) is 12.0. The number of aliphatic hydroxyl groups is 1. The quantitative estimate of drug-likeness (QED) is 0.531. The fourth-order valence-corrected chi connectivity index (χ4v) is 1.90. The number of nitrogens with zero attached hydrogens (tertiary/aromatic N) is 2. The smallest absolute Gasteiger partial charge is 0.293 e. The van der Waals surface area contributed by atoms with Crippen LogP contribution in [0.4, 0.5) is 11.4 Å². The molecule has 0 aliphatic heterocycles. The lowest BCUT2D eigenvalue weighted by Crippen LogP contribution is -2.31. The Morgan fingerprint density at radius 3 is 2.71 bits per heavy atom. The number of nitrogens with one attached hydrogen (secondary N) is 1. The van der Waals surface area contributed by atoms with E-state index >= 15 is 0 Å². The van der Waals surface area contributed by atoms with Gasteiger partial charge in [0.05, 0.1) is 18.1 Å². The number of carbonyl (C=O) groups excluding carboxylic acids is 1. The fraction of sp³-hybridized carbons (Fsp3) is 0.462. The number of amides is 1. The van der Waals surface area contributed by atoms with Gasteiger partial charge in [-0.15, -0.1) is 0 Å². The van der Waals surface area contributed by atoms with Gasteiger partial charge in [-0.3, -0.25) is 14.9 Å². The fourth-order valence-electron chi connectivity index (χ4n) is 1.90. The number of nitro groups is 1. The molecule has 2 N–H and O–H groups in total. The second kappa shape index (κ2) is 8.18. The van der Waals surface area contributed by atoms with Crippen molar-refractivity contribution < 1.29 is 19.6 Å². The van der Waals surface area contributed by atoms with Gasteiger partial charge in [-0.2, -0.15) is 0 Å². The maximum atomic E-state index is 11.6. The number of benzene rings is 1. The Bertz CT molecular complexity index is 507. The van der Waals surface area contributed by atoms with Crippen molar-refractivity contribution in [2.45, 2.75) is 0 Å². The highest BCUT2D eigenvalue weighted by atomic mass is 16.6. The Kier molecular flexibility index (Phi) is 6.57. The number of carbonyl (C=O) groups is 1. The van der Waals surface area contributed by atoms with Gasteiger partial charge in [0.25, 0.3) is 11.6 Å². The van der Waals surface area contributed by atoms with E-state index in [1.54, 1.807) is 4.90 Å². The predicted octanol–water partition coefficient (Wildman–Crippen LogP) is 0.400. The predicted molar refractivity (Wildman–Crippen MR) is 77.7 cm³/mol. The summed E-state index contributed by atoms with van der Waals surface area (Å²) in [4.78, 5) is 23.9. The molecule has 1 amide bonds. The van der Waals surface area contributed by atoms with E-state index in [4.69, 9.17) is 9.84 Å². The van der Waals surface area contributed by atoms with Gasteiger partial charge in [0.1, 0.15) is 5.69 Å². The molecule has 0 aliphatic rings. The van der Waals surface area contributed by atoms with Crippen molar-refractivity contribution in [1.29, 1.82) is 0 Å². The van der Waals surface area contributed by atoms with E-state index in [1.165, 1.54) is 32.4 Å². The SMILES string of the molecule is CNC(=O)c1ccc(N(CCO)CCOC)c([N+](=O)[O-])c1. The molecule has 0 fully saturated rings. The van der Waals surface area contributed by atoms with E-state index in [1.807, 2.05) is 0 Å². The summed E-state index contributed by atoms with van der Waals surface area (Å²) in [6.07, 6.45) is 0. The number of ether oxygens (including phenoxy) is 1. The molecule has 0 bridgehead atoms. The Hall–Kier alpha value is -2.19. The third kappa shape index (κ3) is 4.40. The van der Waals surface area contributed by atoms with Crippen LogP contribution in [-0.2, 0) is 4.74 Å². The molecule has 1 rings (SSSR count). The summed E-state index contributed by atoms with van der Waals surface area (Å²) in [5, 5.41) is 22.7. The van der Waals surface area contributed by atoms with Crippen LogP contribution in [0.5, 0.6) is 0 Å². The molecule has 21 heavy (non-hydrogen) atoms. The third-order valence-electron chi connectivity index (χ3n) is 2.94. The van der Waals surface area contributed by atoms with Gasteiger partial charge in [0.2, 0.25) is 0 Å². The van der Waals surface area contributed by atoms with Gasteiger partial charge < -0.3 is 20.1 Å². The summed E-state index contributed by atoms with van der Waals surface area (Å²) in [6.45, 7) is 0.868. The highest BCUT2D eigenvalue weighted by Gasteiger charge is 2.21. The van der Waals surface area contributed by atoms with Crippen molar-refractivity contribution in [3.63, 3.8) is 0 Å². The second-order valence-corrected chi connectivity index (χ2v) is 4.24. The first-order valence-corrected chi connectivity index (χ1v) is 6.40. The Morgan fingerprint density at radius 2 is 2.19 bits per heavy atom. The molecule has 1 aromatic rings. The lowest BCUT2D eigenvalue weighted by Gasteiger charge is -2.23. The van der Waals surface area contributed by atoms with Crippen LogP contribution < -0.4 is 10.2 Å². The van der Waals surface area contributed by atoms with Crippen LogP contribution in [0, 0.1) is 10.1 Å². The molecule has 0 atom stereocenters. The van der Waals surface area contributed by atoms with Crippen molar-refractivity contribution in [1.82, 2.24) is 5.32 Å². The number of hydrogen-bond acceptors (Lipinski definition) is 6. The molecule has 0 saturated carbocycles. The van der Waals surface area contributed by atoms with Gasteiger partial charge in [0, 0.05) is 38.9 Å². The van der Waals surface area contributed by atoms with Gasteiger partial charge in [-0.1, -0.05) is 0 Å². The topological polar surface area (TPSA) is 105 Å². The van der Waals surface area contributed by atoms with Gasteiger partial charge in [-0.25, -0.2) is 0 Å². The normalized spacial score (nSPS) is 10.2. The van der Waals surface area contributed by atoms with E-state index in [0.29, 0.717) is 18.8 Å². The van der Waals surface area contributed by atoms with Crippen LogP contribution in [0.25, 0.3) is 0 Å². The second-order valence-electron chi connectivity index (χ2n) is 4.24. The van der Waals surface area contributed by atoms with Crippen molar-refractivity contribution in [2.24, 2.45) is 0 Å². The van der Waals surface area contributed by atoms with E-state index in [0.717, 1.165) is 0 Å². The maximum Gasteiger partial charge on any atom is 0.293 e. The number of anilines is 1. The first-order valence-electron chi connectivity index (χ1n) is 6.40. The van der Waals surface area contributed by atoms with E-state index in [2.05, 4.69) is 5.32 Å². The standard InChI is InChI=1S/C13H19N3O5/c1-14-13(18)10-3-4-11(12(9-10)16(19)20)15(5-7-17)6-8-21-2/h3-4,9,17H,5-8H2,1-2H3,(H,14,18). The molecule has 0 unspecified atom stereocenters. The summed E-state index contributed by atoms with van der Waals surface area (Å²) in [5.41, 5.74) is 0.378. The van der Waals surface area contributed by atoms with E-state index in [-0.39, 0.29) is 24.4 Å². The van der Waals surface area contributed by atoms with Crippen LogP contribution in [-0.4, -0.2) is 56.4 Å². The van der Waals surface area contributed by atoms with Crippen molar-refractivity contribution in [3.05, 3.63) is 33.9 Å². The minimum atomic E-state index is -0.543. The molecule has 0 aromatic heterocycles. The molecule has 8 heteroatoms. The van der Waals surface area contributed by atoms with Crippen LogP contribution in [0.1, 0.15) is 10.4 Å². The minimum absolute atomic E-state index is 0.141. The average molecular weight is 297 g/mol. The van der Waals surface area contributed by atoms with Crippen LogP contribution in [0.15, 0.2) is 18.2 Å². The molecular weight excluding hydrogens is 278 g/mol. The van der Waals surface area contributed by atoms with Gasteiger partial charge in [0.15, 0.2) is 0 Å². The Balaban J connectivity index is 3.19. The molecule has 1 aromatic carbocycles. The van der Waals surface area contributed by atoms with Crippen molar-refractivity contribution in [2.75, 3.05) is 45.4 Å². The maximum absolute atomic E-state index is 11.6. The van der Waals surface area contributed by atoms with Crippen LogP contribution in [0.3, 0.4) is 0 Å². The average Bonchev–Trinajstić information content (AvgIpc) is 2.50. The molecule has 0 spiro atoms. The van der Waals surface area contributed by atoms with Gasteiger partial charge in [-0.05, 0) is 12.1 Å². The Labute approximate surface area is 122 Å². The number of hydrogen-bond donors (Lipinski definition) is 2. The van der Waals surface area contributed by atoms with Crippen molar-refractivity contribution >= 4 is 17.3 Å². The highest BCUT2D eigenvalue weighted by molar-refractivity contribution is 5.95. The molecule has 0 heterocycles. The number of aliphatic hydroxyl groups excluding tert-OH is 1. The number of rotatable bonds is 8. The molecule has 0 aliphatic carbocycles. The molecule has 8 nitrogen and oxygen atoms in total. The summed E-state index contributed by atoms with van der Waals surface area (Å²) in [5.74, 6) is -0.393. The van der Waals surface area contributed by atoms with Gasteiger partial charge >= 0.3 is 0 Å². The first-order chi connectivity index (χ1) is 10.0. The van der Waals surface area contributed by atoms with E-state index < -0.39 is 10.8 Å². The Morgan fingerprint density at radius 1 is 1.48 bits per heavy atom. The summed E-state index contributed by atoms with van der Waals surface area (Å²) < 4.78 is 4.96. The highest BCUT2D eigenvalue weighted by Crippen LogP contribution is 2.29. The van der Waals surface area contributed by atoms with Crippen LogP contribution in [0.2, 0.25) is 0 Å². The third-order valence-corrected chi connectivity index (χ3v) is 2.94. The van der Waals surface area contributed by atoms with Crippen molar-refractivity contribution in [3.8, 4) is 0 Å². The molecule has 0 saturated heterocycles. The first kappa shape index (κ1) is 16.9. The summed E-state index contributed by atoms with van der Waals surface area (Å²) >= 11 is 0. The monoisotopic (exact) mass is 297 g/mol. The molecular formula is C13H19N3O5. The lowest BCUT2D eigenvalue weighted by atomic mass is 10.1. The lowest BCUT2D eigenvalue weighted by molar-refractivity contribution is -0.384. The minimum Gasteiger partial charge on any atom is -0.395 e. The number of nitro benzene ring substituents is 1. The zero-order valence-corrected chi connectivity index (χ0v) is 12.0. The molecule has 116 valence electrons.